The van der Waals surface area contributed by atoms with Crippen molar-refractivity contribution in [3.05, 3.63) is 23.9 Å². The number of carbonyl (C=O) groups is 2. The average Bonchev–Trinajstić information content (AvgIpc) is 2.32. The molecule has 0 aromatic carbocycles. The first-order chi connectivity index (χ1) is 8.13. The van der Waals surface area contributed by atoms with Gasteiger partial charge in [-0.25, -0.2) is 4.98 Å². The van der Waals surface area contributed by atoms with E-state index in [1.54, 1.807) is 18.3 Å². The monoisotopic (exact) mass is 237 g/mol. The molecule has 0 saturated carbocycles. The van der Waals surface area contributed by atoms with Gasteiger partial charge in [0.2, 0.25) is 0 Å². The molecule has 1 heterocycles. The Morgan fingerprint density at radius 2 is 2.12 bits per heavy atom. The number of hydrogen-bond donors (Lipinski definition) is 3. The number of aryl methyl sites for hydroxylation is 1. The molecule has 0 radical (unpaired) electrons. The summed E-state index contributed by atoms with van der Waals surface area (Å²) in [7, 11) is 0. The van der Waals surface area contributed by atoms with Crippen LogP contribution in [0, 0.1) is 6.92 Å². The number of aliphatic hydroxyl groups is 1. The lowest BCUT2D eigenvalue weighted by Crippen LogP contribution is -2.36. The first-order valence-corrected chi connectivity index (χ1v) is 5.26. The summed E-state index contributed by atoms with van der Waals surface area (Å²) in [5, 5.41) is 13.3. The van der Waals surface area contributed by atoms with Gasteiger partial charge in [-0.2, -0.15) is 0 Å². The van der Waals surface area contributed by atoms with Crippen LogP contribution in [0.3, 0.4) is 0 Å². The fourth-order valence-corrected chi connectivity index (χ4v) is 1.08. The molecule has 0 aliphatic rings. The maximum Gasteiger partial charge on any atom is 0.314 e. The summed E-state index contributed by atoms with van der Waals surface area (Å²) >= 11 is 0. The zero-order valence-corrected chi connectivity index (χ0v) is 9.56. The van der Waals surface area contributed by atoms with Gasteiger partial charge in [0, 0.05) is 19.3 Å². The van der Waals surface area contributed by atoms with E-state index < -0.39 is 11.8 Å². The number of rotatable bonds is 4. The molecular formula is C11H15N3O3. The quantitative estimate of drug-likeness (QED) is 0.500. The number of amides is 2. The van der Waals surface area contributed by atoms with Crippen molar-refractivity contribution in [1.29, 1.82) is 0 Å². The van der Waals surface area contributed by atoms with E-state index in [-0.39, 0.29) is 13.2 Å². The van der Waals surface area contributed by atoms with Crippen LogP contribution in [0.1, 0.15) is 12.0 Å². The van der Waals surface area contributed by atoms with Crippen LogP contribution in [-0.2, 0) is 9.59 Å². The summed E-state index contributed by atoms with van der Waals surface area (Å²) in [4.78, 5) is 26.6. The molecule has 92 valence electrons. The van der Waals surface area contributed by atoms with E-state index in [4.69, 9.17) is 5.11 Å². The lowest BCUT2D eigenvalue weighted by atomic mass is 10.3. The number of aliphatic hydroxyl groups excluding tert-OH is 1. The van der Waals surface area contributed by atoms with Crippen LogP contribution in [0.15, 0.2) is 18.3 Å². The third-order valence-electron chi connectivity index (χ3n) is 1.98. The lowest BCUT2D eigenvalue weighted by Gasteiger charge is -2.05. The van der Waals surface area contributed by atoms with E-state index >= 15 is 0 Å². The van der Waals surface area contributed by atoms with Crippen molar-refractivity contribution in [3.63, 3.8) is 0 Å². The van der Waals surface area contributed by atoms with Gasteiger partial charge in [-0.05, 0) is 25.0 Å². The Hall–Kier alpha value is -1.95. The minimum Gasteiger partial charge on any atom is -0.396 e. The first-order valence-electron chi connectivity index (χ1n) is 5.26. The van der Waals surface area contributed by atoms with E-state index in [9.17, 15) is 9.59 Å². The van der Waals surface area contributed by atoms with Crippen molar-refractivity contribution in [2.24, 2.45) is 0 Å². The van der Waals surface area contributed by atoms with E-state index in [0.717, 1.165) is 5.56 Å². The van der Waals surface area contributed by atoms with Gasteiger partial charge in [-0.15, -0.1) is 0 Å². The van der Waals surface area contributed by atoms with Gasteiger partial charge in [0.05, 0.1) is 0 Å². The smallest absolute Gasteiger partial charge is 0.314 e. The molecule has 17 heavy (non-hydrogen) atoms. The Kier molecular flexibility index (Phi) is 5.09. The van der Waals surface area contributed by atoms with Crippen LogP contribution >= 0.6 is 0 Å². The first kappa shape index (κ1) is 13.1. The highest BCUT2D eigenvalue weighted by molar-refractivity contribution is 6.39. The third kappa shape index (κ3) is 4.60. The molecule has 6 nitrogen and oxygen atoms in total. The Labute approximate surface area is 99.1 Å². The summed E-state index contributed by atoms with van der Waals surface area (Å²) in [6.07, 6.45) is 2.01. The predicted molar refractivity (Wildman–Crippen MR) is 62.3 cm³/mol. The SMILES string of the molecule is Cc1ccc(NC(=O)C(=O)NCCCO)nc1. The molecule has 6 heteroatoms. The zero-order valence-electron chi connectivity index (χ0n) is 9.56. The molecule has 1 rings (SSSR count). The number of hydrogen-bond acceptors (Lipinski definition) is 4. The number of pyridine rings is 1. The fraction of sp³-hybridized carbons (Fsp3) is 0.364. The largest absolute Gasteiger partial charge is 0.396 e. The van der Waals surface area contributed by atoms with Crippen molar-refractivity contribution in [2.45, 2.75) is 13.3 Å². The van der Waals surface area contributed by atoms with Gasteiger partial charge >= 0.3 is 11.8 Å². The van der Waals surface area contributed by atoms with E-state index in [2.05, 4.69) is 15.6 Å². The van der Waals surface area contributed by atoms with Crippen molar-refractivity contribution in [3.8, 4) is 0 Å². The average molecular weight is 237 g/mol. The third-order valence-corrected chi connectivity index (χ3v) is 1.98. The maximum atomic E-state index is 11.4. The van der Waals surface area contributed by atoms with Gasteiger partial charge in [0.15, 0.2) is 0 Å². The van der Waals surface area contributed by atoms with Crippen molar-refractivity contribution in [1.82, 2.24) is 10.3 Å². The van der Waals surface area contributed by atoms with Gasteiger partial charge in [-0.1, -0.05) is 6.07 Å². The number of nitrogens with one attached hydrogen (secondary N) is 2. The van der Waals surface area contributed by atoms with Crippen LogP contribution in [0.5, 0.6) is 0 Å². The summed E-state index contributed by atoms with van der Waals surface area (Å²) in [5.41, 5.74) is 0.968. The molecule has 3 N–H and O–H groups in total. The number of aromatic nitrogens is 1. The van der Waals surface area contributed by atoms with Crippen LogP contribution in [-0.4, -0.2) is 35.1 Å². The van der Waals surface area contributed by atoms with Crippen molar-refractivity contribution < 1.29 is 14.7 Å². The highest BCUT2D eigenvalue weighted by Gasteiger charge is 2.12. The Bertz CT molecular complexity index is 389. The van der Waals surface area contributed by atoms with Crippen molar-refractivity contribution >= 4 is 17.6 Å². The normalized spacial score (nSPS) is 9.76. The molecule has 2 amide bonds. The molecule has 0 spiro atoms. The fourth-order valence-electron chi connectivity index (χ4n) is 1.08. The summed E-state index contributed by atoms with van der Waals surface area (Å²) in [6, 6.07) is 3.40. The Morgan fingerprint density at radius 3 is 2.71 bits per heavy atom. The van der Waals surface area contributed by atoms with Gasteiger partial charge < -0.3 is 15.7 Å². The molecule has 0 bridgehead atoms. The lowest BCUT2D eigenvalue weighted by molar-refractivity contribution is -0.136. The Balaban J connectivity index is 2.43. The Morgan fingerprint density at radius 1 is 1.35 bits per heavy atom. The second-order valence-corrected chi connectivity index (χ2v) is 3.51. The molecule has 1 aromatic heterocycles. The summed E-state index contributed by atoms with van der Waals surface area (Å²) in [5.74, 6) is -1.17. The molecule has 0 unspecified atom stereocenters. The number of carbonyl (C=O) groups excluding carboxylic acids is 2. The zero-order chi connectivity index (χ0) is 12.7. The molecule has 0 aliphatic carbocycles. The molecule has 0 aliphatic heterocycles. The number of anilines is 1. The second-order valence-electron chi connectivity index (χ2n) is 3.51. The minimum atomic E-state index is -0.765. The highest BCUT2D eigenvalue weighted by Crippen LogP contribution is 2.03. The van der Waals surface area contributed by atoms with E-state index in [1.165, 1.54) is 0 Å². The van der Waals surface area contributed by atoms with Gasteiger partial charge in [-0.3, -0.25) is 9.59 Å². The van der Waals surface area contributed by atoms with Gasteiger partial charge in [0.25, 0.3) is 0 Å². The molecule has 0 saturated heterocycles. The van der Waals surface area contributed by atoms with Crippen LogP contribution in [0.25, 0.3) is 0 Å². The van der Waals surface area contributed by atoms with E-state index in [0.29, 0.717) is 12.2 Å². The highest BCUT2D eigenvalue weighted by atomic mass is 16.3. The van der Waals surface area contributed by atoms with Crippen LogP contribution in [0.2, 0.25) is 0 Å². The maximum absolute atomic E-state index is 11.4. The predicted octanol–water partition coefficient (Wildman–Crippen LogP) is -0.173. The second kappa shape index (κ2) is 6.59. The van der Waals surface area contributed by atoms with Crippen molar-refractivity contribution in [2.75, 3.05) is 18.5 Å². The molecule has 0 fully saturated rings. The summed E-state index contributed by atoms with van der Waals surface area (Å²) < 4.78 is 0. The molecular weight excluding hydrogens is 222 g/mol. The molecule has 0 atom stereocenters. The van der Waals surface area contributed by atoms with Crippen LogP contribution in [0.4, 0.5) is 5.82 Å². The minimum absolute atomic E-state index is 0.0264. The topological polar surface area (TPSA) is 91.3 Å². The van der Waals surface area contributed by atoms with E-state index in [1.807, 2.05) is 6.92 Å². The number of nitrogens with zero attached hydrogens (tertiary/aromatic N) is 1. The van der Waals surface area contributed by atoms with Gasteiger partial charge in [0.1, 0.15) is 5.82 Å². The molecule has 1 aromatic rings. The van der Waals surface area contributed by atoms with Crippen LogP contribution < -0.4 is 10.6 Å². The standard InChI is InChI=1S/C11H15N3O3/c1-8-3-4-9(13-7-8)14-11(17)10(16)12-5-2-6-15/h3-4,7,15H,2,5-6H2,1H3,(H,12,16)(H,13,14,17). The summed E-state index contributed by atoms with van der Waals surface area (Å²) in [6.45, 7) is 2.12.